The number of hydrogen-bond acceptors (Lipinski definition) is 6. The average molecular weight is 440 g/mol. The van der Waals surface area contributed by atoms with Gasteiger partial charge in [-0.15, -0.1) is 0 Å². The van der Waals surface area contributed by atoms with Gasteiger partial charge in [-0.25, -0.2) is 0 Å². The van der Waals surface area contributed by atoms with E-state index in [9.17, 15) is 32.9 Å². The Kier molecular flexibility index (Phi) is 6.18. The zero-order chi connectivity index (χ0) is 22.8. The highest BCUT2D eigenvalue weighted by Crippen LogP contribution is 2.37. The number of alkyl halides is 3. The van der Waals surface area contributed by atoms with Crippen molar-refractivity contribution in [3.05, 3.63) is 57.5 Å². The van der Waals surface area contributed by atoms with Gasteiger partial charge in [0.1, 0.15) is 11.4 Å². The van der Waals surface area contributed by atoms with Gasteiger partial charge in [0.2, 0.25) is 5.91 Å². The van der Waals surface area contributed by atoms with Crippen LogP contribution in [0.15, 0.2) is 34.9 Å². The number of halogens is 3. The Hall–Kier alpha value is -3.57. The smallest absolute Gasteiger partial charge is 0.416 e. The van der Waals surface area contributed by atoms with E-state index >= 15 is 0 Å². The first-order chi connectivity index (χ1) is 14.6. The number of piperidine rings is 1. The lowest BCUT2D eigenvalue weighted by Gasteiger charge is -2.32. The van der Waals surface area contributed by atoms with Gasteiger partial charge in [-0.1, -0.05) is 0 Å². The first kappa shape index (κ1) is 22.1. The molecule has 31 heavy (non-hydrogen) atoms. The molecule has 1 aliphatic heterocycles. The molecule has 0 bridgehead atoms. The summed E-state index contributed by atoms with van der Waals surface area (Å²) in [6.45, 7) is 2.07. The first-order valence-electron chi connectivity index (χ1n) is 9.33. The van der Waals surface area contributed by atoms with Gasteiger partial charge in [0, 0.05) is 25.1 Å². The van der Waals surface area contributed by atoms with Crippen LogP contribution >= 0.6 is 0 Å². The molecule has 12 heteroatoms. The van der Waals surface area contributed by atoms with Crippen LogP contribution in [0, 0.1) is 23.0 Å². The number of nitro benzene ring substituents is 1. The van der Waals surface area contributed by atoms with Crippen molar-refractivity contribution in [1.82, 2.24) is 10.9 Å². The summed E-state index contributed by atoms with van der Waals surface area (Å²) in [5, 5.41) is 11.3. The highest BCUT2D eigenvalue weighted by Gasteiger charge is 2.35. The number of benzene rings is 1. The Morgan fingerprint density at radius 2 is 1.87 bits per heavy atom. The van der Waals surface area contributed by atoms with Crippen molar-refractivity contribution in [1.29, 1.82) is 0 Å². The molecule has 1 saturated heterocycles. The maximum atomic E-state index is 12.9. The minimum atomic E-state index is -4.69. The van der Waals surface area contributed by atoms with Crippen LogP contribution in [0.1, 0.15) is 34.5 Å². The van der Waals surface area contributed by atoms with Gasteiger partial charge in [0.05, 0.1) is 22.3 Å². The Morgan fingerprint density at radius 1 is 1.19 bits per heavy atom. The standard InChI is InChI=1S/C19H19F3N4O5/c1-11-14(6-9-31-11)18(28)24-23-17(27)12-4-7-25(8-5-12)15-3-2-13(19(20,21)22)10-16(15)26(29)30/h2-3,6,9-10,12H,4-5,7-8H2,1H3,(H,23,27)(H,24,28). The Morgan fingerprint density at radius 3 is 2.42 bits per heavy atom. The third-order valence-corrected chi connectivity index (χ3v) is 5.11. The van der Waals surface area contributed by atoms with Gasteiger partial charge >= 0.3 is 6.18 Å². The van der Waals surface area contributed by atoms with Crippen LogP contribution in [0.4, 0.5) is 24.5 Å². The summed E-state index contributed by atoms with van der Waals surface area (Å²) in [4.78, 5) is 36.4. The molecule has 2 amide bonds. The van der Waals surface area contributed by atoms with Crippen LogP contribution in [-0.2, 0) is 11.0 Å². The number of amides is 2. The number of nitro groups is 1. The Bertz CT molecular complexity index is 997. The summed E-state index contributed by atoms with van der Waals surface area (Å²) in [5.41, 5.74) is 3.26. The van der Waals surface area contributed by atoms with E-state index in [-0.39, 0.29) is 24.3 Å². The molecule has 166 valence electrons. The van der Waals surface area contributed by atoms with Crippen LogP contribution in [0.25, 0.3) is 0 Å². The van der Waals surface area contributed by atoms with E-state index in [0.29, 0.717) is 24.7 Å². The van der Waals surface area contributed by atoms with E-state index in [1.165, 1.54) is 12.3 Å². The second-order valence-corrected chi connectivity index (χ2v) is 7.05. The molecule has 2 N–H and O–H groups in total. The number of hydrogen-bond donors (Lipinski definition) is 2. The van der Waals surface area contributed by atoms with Gasteiger partial charge in [-0.05, 0) is 38.0 Å². The fourth-order valence-corrected chi connectivity index (χ4v) is 3.40. The van der Waals surface area contributed by atoms with E-state index < -0.39 is 40.1 Å². The zero-order valence-corrected chi connectivity index (χ0v) is 16.4. The second kappa shape index (κ2) is 8.66. The van der Waals surface area contributed by atoms with Gasteiger partial charge in [0.15, 0.2) is 0 Å². The van der Waals surface area contributed by atoms with Crippen LogP contribution in [-0.4, -0.2) is 29.8 Å². The van der Waals surface area contributed by atoms with Crippen molar-refractivity contribution in [2.75, 3.05) is 18.0 Å². The lowest BCUT2D eigenvalue weighted by atomic mass is 9.95. The van der Waals surface area contributed by atoms with E-state index in [1.807, 2.05) is 0 Å². The van der Waals surface area contributed by atoms with Gasteiger partial charge in [-0.3, -0.25) is 30.6 Å². The molecule has 1 aromatic carbocycles. The number of hydrazine groups is 1. The van der Waals surface area contributed by atoms with E-state index in [1.54, 1.807) is 11.8 Å². The SMILES string of the molecule is Cc1occc1C(=O)NNC(=O)C1CCN(c2ccc(C(F)(F)F)cc2[N+](=O)[O-])CC1. The predicted octanol–water partition coefficient (Wildman–Crippen LogP) is 3.19. The molecule has 0 atom stereocenters. The quantitative estimate of drug-likeness (QED) is 0.557. The highest BCUT2D eigenvalue weighted by molar-refractivity contribution is 5.96. The molecule has 9 nitrogen and oxygen atoms in total. The molecule has 2 aromatic rings. The fourth-order valence-electron chi connectivity index (χ4n) is 3.40. The van der Waals surface area contributed by atoms with Crippen molar-refractivity contribution >= 4 is 23.2 Å². The zero-order valence-electron chi connectivity index (χ0n) is 16.4. The molecule has 3 rings (SSSR count). The highest BCUT2D eigenvalue weighted by atomic mass is 19.4. The van der Waals surface area contributed by atoms with Crippen molar-refractivity contribution in [2.45, 2.75) is 25.9 Å². The molecule has 1 aliphatic rings. The predicted molar refractivity (Wildman–Crippen MR) is 102 cm³/mol. The van der Waals surface area contributed by atoms with Crippen LogP contribution in [0.5, 0.6) is 0 Å². The minimum absolute atomic E-state index is 0.0700. The van der Waals surface area contributed by atoms with Crippen molar-refractivity contribution in [2.24, 2.45) is 5.92 Å². The number of nitrogens with zero attached hydrogens (tertiary/aromatic N) is 2. The number of rotatable bonds is 4. The number of aryl methyl sites for hydroxylation is 1. The van der Waals surface area contributed by atoms with Crippen molar-refractivity contribution < 1.29 is 32.1 Å². The van der Waals surface area contributed by atoms with E-state index in [2.05, 4.69) is 10.9 Å². The molecule has 1 aromatic heterocycles. The van der Waals surface area contributed by atoms with E-state index in [4.69, 9.17) is 4.42 Å². The number of carbonyl (C=O) groups excluding carboxylic acids is 2. The maximum absolute atomic E-state index is 12.9. The fraction of sp³-hybridized carbons (Fsp3) is 0.368. The Balaban J connectivity index is 1.60. The molecule has 2 heterocycles. The van der Waals surface area contributed by atoms with Crippen molar-refractivity contribution in [3.63, 3.8) is 0 Å². The minimum Gasteiger partial charge on any atom is -0.469 e. The average Bonchev–Trinajstić information content (AvgIpc) is 3.16. The molecule has 0 unspecified atom stereocenters. The third kappa shape index (κ3) is 4.95. The monoisotopic (exact) mass is 440 g/mol. The normalized spacial score (nSPS) is 14.9. The van der Waals surface area contributed by atoms with Gasteiger partial charge < -0.3 is 9.32 Å². The lowest BCUT2D eigenvalue weighted by Crippen LogP contribution is -2.47. The van der Waals surface area contributed by atoms with E-state index in [0.717, 1.165) is 12.1 Å². The van der Waals surface area contributed by atoms with Crippen LogP contribution < -0.4 is 15.8 Å². The largest absolute Gasteiger partial charge is 0.469 e. The van der Waals surface area contributed by atoms with Gasteiger partial charge in [-0.2, -0.15) is 13.2 Å². The topological polar surface area (TPSA) is 118 Å². The second-order valence-electron chi connectivity index (χ2n) is 7.05. The summed E-state index contributed by atoms with van der Waals surface area (Å²) in [6.07, 6.45) is -2.72. The number of carbonyl (C=O) groups is 2. The summed E-state index contributed by atoms with van der Waals surface area (Å²) >= 11 is 0. The molecule has 0 radical (unpaired) electrons. The summed E-state index contributed by atoms with van der Waals surface area (Å²) in [7, 11) is 0. The molecular formula is C19H19F3N4O5. The van der Waals surface area contributed by atoms with Crippen molar-refractivity contribution in [3.8, 4) is 0 Å². The molecule has 0 aliphatic carbocycles. The maximum Gasteiger partial charge on any atom is 0.416 e. The lowest BCUT2D eigenvalue weighted by molar-refractivity contribution is -0.384. The molecule has 1 fully saturated rings. The number of nitrogens with one attached hydrogen (secondary N) is 2. The summed E-state index contributed by atoms with van der Waals surface area (Å²) < 4.78 is 43.6. The molecule has 0 spiro atoms. The summed E-state index contributed by atoms with van der Waals surface area (Å²) in [6, 6.07) is 3.86. The molecular weight excluding hydrogens is 421 g/mol. The number of anilines is 1. The molecule has 0 saturated carbocycles. The summed E-state index contributed by atoms with van der Waals surface area (Å²) in [5.74, 6) is -1.01. The van der Waals surface area contributed by atoms with Gasteiger partial charge in [0.25, 0.3) is 11.6 Å². The third-order valence-electron chi connectivity index (χ3n) is 5.11. The van der Waals surface area contributed by atoms with Crippen LogP contribution in [0.2, 0.25) is 0 Å². The van der Waals surface area contributed by atoms with Crippen LogP contribution in [0.3, 0.4) is 0 Å². The number of furan rings is 1. The first-order valence-corrected chi connectivity index (χ1v) is 9.33. The Labute approximate surface area is 174 Å².